The summed E-state index contributed by atoms with van der Waals surface area (Å²) in [7, 11) is 0. The Balaban J connectivity index is 1.64. The standard InChI is InChI=1S/C27H34N4O2/c1-19(2)31-26(9-10-28-31)24-15-23(22-7-5-20(3)6-8-22)16-25(17-24)27(32)29-21(4)18-30-11-13-33-14-12-30/h5-10,15-17,19,21H,11-14,18H2,1-4H3,(H,29,32)/t21-/m1/s1. The summed E-state index contributed by atoms with van der Waals surface area (Å²) in [5.41, 5.74) is 5.99. The van der Waals surface area contributed by atoms with Gasteiger partial charge in [-0.2, -0.15) is 5.10 Å². The van der Waals surface area contributed by atoms with Gasteiger partial charge in [-0.05, 0) is 63.1 Å². The minimum absolute atomic E-state index is 0.0447. The second kappa shape index (κ2) is 10.3. The Morgan fingerprint density at radius 3 is 2.39 bits per heavy atom. The first-order valence-electron chi connectivity index (χ1n) is 11.8. The molecule has 0 saturated carbocycles. The first-order chi connectivity index (χ1) is 15.9. The average molecular weight is 447 g/mol. The summed E-state index contributed by atoms with van der Waals surface area (Å²) in [4.78, 5) is 15.6. The van der Waals surface area contributed by atoms with Crippen LogP contribution < -0.4 is 5.32 Å². The fourth-order valence-electron chi connectivity index (χ4n) is 4.30. The van der Waals surface area contributed by atoms with Gasteiger partial charge in [0, 0.05) is 49.0 Å². The number of nitrogens with one attached hydrogen (secondary N) is 1. The number of amides is 1. The largest absolute Gasteiger partial charge is 0.379 e. The van der Waals surface area contributed by atoms with Crippen molar-refractivity contribution in [3.63, 3.8) is 0 Å². The third-order valence-corrected chi connectivity index (χ3v) is 6.05. The van der Waals surface area contributed by atoms with Crippen molar-refractivity contribution < 1.29 is 9.53 Å². The molecule has 1 atom stereocenters. The fourth-order valence-corrected chi connectivity index (χ4v) is 4.30. The predicted molar refractivity (Wildman–Crippen MR) is 132 cm³/mol. The number of carbonyl (C=O) groups excluding carboxylic acids is 1. The van der Waals surface area contributed by atoms with Gasteiger partial charge in [0.25, 0.3) is 5.91 Å². The Hall–Kier alpha value is -2.96. The lowest BCUT2D eigenvalue weighted by Crippen LogP contribution is -2.46. The molecule has 0 radical (unpaired) electrons. The molecule has 1 fully saturated rings. The number of morpholine rings is 1. The highest BCUT2D eigenvalue weighted by atomic mass is 16.5. The van der Waals surface area contributed by atoms with Gasteiger partial charge >= 0.3 is 0 Å². The van der Waals surface area contributed by atoms with E-state index in [1.54, 1.807) is 0 Å². The van der Waals surface area contributed by atoms with Crippen molar-refractivity contribution in [1.82, 2.24) is 20.0 Å². The molecule has 1 amide bonds. The molecular formula is C27H34N4O2. The Labute approximate surface area is 196 Å². The lowest BCUT2D eigenvalue weighted by Gasteiger charge is -2.29. The van der Waals surface area contributed by atoms with Crippen LogP contribution in [0, 0.1) is 6.92 Å². The van der Waals surface area contributed by atoms with Crippen molar-refractivity contribution in [2.45, 2.75) is 39.8 Å². The quantitative estimate of drug-likeness (QED) is 0.578. The van der Waals surface area contributed by atoms with Crippen LogP contribution in [0.25, 0.3) is 22.4 Å². The Morgan fingerprint density at radius 1 is 1.00 bits per heavy atom. The van der Waals surface area contributed by atoms with E-state index in [4.69, 9.17) is 4.74 Å². The molecule has 0 unspecified atom stereocenters. The van der Waals surface area contributed by atoms with Crippen LogP contribution in [-0.2, 0) is 4.74 Å². The molecule has 4 rings (SSSR count). The molecule has 3 aromatic rings. The van der Waals surface area contributed by atoms with Gasteiger partial charge in [0.1, 0.15) is 0 Å². The molecule has 33 heavy (non-hydrogen) atoms. The normalized spacial score (nSPS) is 15.5. The average Bonchev–Trinajstić information content (AvgIpc) is 3.30. The maximum absolute atomic E-state index is 13.3. The number of benzene rings is 2. The van der Waals surface area contributed by atoms with Gasteiger partial charge in [-0.3, -0.25) is 14.4 Å². The van der Waals surface area contributed by atoms with E-state index in [2.05, 4.69) is 73.3 Å². The number of nitrogens with zero attached hydrogens (tertiary/aromatic N) is 3. The molecule has 174 valence electrons. The van der Waals surface area contributed by atoms with Gasteiger partial charge in [-0.1, -0.05) is 29.8 Å². The molecule has 1 aliphatic rings. The molecule has 1 saturated heterocycles. The fraction of sp³-hybridized carbons (Fsp3) is 0.407. The third kappa shape index (κ3) is 5.70. The van der Waals surface area contributed by atoms with E-state index >= 15 is 0 Å². The van der Waals surface area contributed by atoms with Gasteiger partial charge in [0.05, 0.1) is 18.9 Å². The number of rotatable bonds is 7. The third-order valence-electron chi connectivity index (χ3n) is 6.05. The number of aryl methyl sites for hydroxylation is 1. The van der Waals surface area contributed by atoms with Crippen LogP contribution in [0.5, 0.6) is 0 Å². The molecule has 2 heterocycles. The SMILES string of the molecule is Cc1ccc(-c2cc(C(=O)N[C@H](C)CN3CCOCC3)cc(-c3ccnn3C(C)C)c2)cc1. The van der Waals surface area contributed by atoms with Gasteiger partial charge in [0.2, 0.25) is 0 Å². The first kappa shape index (κ1) is 23.2. The highest BCUT2D eigenvalue weighted by molar-refractivity contribution is 5.97. The molecule has 1 aromatic heterocycles. The van der Waals surface area contributed by atoms with E-state index in [1.807, 2.05) is 29.1 Å². The summed E-state index contributed by atoms with van der Waals surface area (Å²) in [6.45, 7) is 12.5. The minimum atomic E-state index is -0.0541. The molecule has 1 aliphatic heterocycles. The van der Waals surface area contributed by atoms with Crippen molar-refractivity contribution >= 4 is 5.91 Å². The summed E-state index contributed by atoms with van der Waals surface area (Å²) < 4.78 is 7.43. The summed E-state index contributed by atoms with van der Waals surface area (Å²) in [5, 5.41) is 7.69. The monoisotopic (exact) mass is 446 g/mol. The highest BCUT2D eigenvalue weighted by Crippen LogP contribution is 2.30. The van der Waals surface area contributed by atoms with Gasteiger partial charge in [-0.25, -0.2) is 0 Å². The Morgan fingerprint density at radius 2 is 1.70 bits per heavy atom. The lowest BCUT2D eigenvalue weighted by molar-refractivity contribution is 0.0342. The minimum Gasteiger partial charge on any atom is -0.379 e. The van der Waals surface area contributed by atoms with Crippen LogP contribution in [0.1, 0.15) is 42.7 Å². The smallest absolute Gasteiger partial charge is 0.251 e. The molecule has 6 heteroatoms. The van der Waals surface area contributed by atoms with E-state index in [1.165, 1.54) is 5.56 Å². The summed E-state index contributed by atoms with van der Waals surface area (Å²) >= 11 is 0. The van der Waals surface area contributed by atoms with Crippen LogP contribution in [0.3, 0.4) is 0 Å². The highest BCUT2D eigenvalue weighted by Gasteiger charge is 2.18. The van der Waals surface area contributed by atoms with Crippen LogP contribution in [0.2, 0.25) is 0 Å². The number of aromatic nitrogens is 2. The van der Waals surface area contributed by atoms with E-state index in [0.29, 0.717) is 5.56 Å². The van der Waals surface area contributed by atoms with E-state index in [-0.39, 0.29) is 18.0 Å². The maximum atomic E-state index is 13.3. The van der Waals surface area contributed by atoms with Gasteiger partial charge < -0.3 is 10.1 Å². The molecule has 0 bridgehead atoms. The number of hydrogen-bond acceptors (Lipinski definition) is 4. The molecule has 6 nitrogen and oxygen atoms in total. The molecule has 2 aromatic carbocycles. The van der Waals surface area contributed by atoms with Gasteiger partial charge in [0.15, 0.2) is 0 Å². The van der Waals surface area contributed by atoms with Crippen LogP contribution >= 0.6 is 0 Å². The number of ether oxygens (including phenoxy) is 1. The molecule has 0 spiro atoms. The second-order valence-electron chi connectivity index (χ2n) is 9.21. The van der Waals surface area contributed by atoms with Crippen LogP contribution in [0.15, 0.2) is 54.7 Å². The number of carbonyl (C=O) groups is 1. The molecular weight excluding hydrogens is 412 g/mol. The summed E-state index contributed by atoms with van der Waals surface area (Å²) in [5.74, 6) is -0.0541. The predicted octanol–water partition coefficient (Wildman–Crippen LogP) is 4.56. The second-order valence-corrected chi connectivity index (χ2v) is 9.21. The maximum Gasteiger partial charge on any atom is 0.251 e. The van der Waals surface area contributed by atoms with Crippen molar-refractivity contribution in [2.24, 2.45) is 0 Å². The van der Waals surface area contributed by atoms with E-state index in [9.17, 15) is 4.79 Å². The van der Waals surface area contributed by atoms with Crippen LogP contribution in [-0.4, -0.2) is 59.5 Å². The van der Waals surface area contributed by atoms with Crippen molar-refractivity contribution in [3.05, 3.63) is 65.9 Å². The molecule has 1 N–H and O–H groups in total. The summed E-state index contributed by atoms with van der Waals surface area (Å²) in [6, 6.07) is 16.8. The lowest BCUT2D eigenvalue weighted by atomic mass is 9.97. The van der Waals surface area contributed by atoms with E-state index < -0.39 is 0 Å². The Bertz CT molecular complexity index is 1080. The summed E-state index contributed by atoms with van der Waals surface area (Å²) in [6.07, 6.45) is 1.82. The number of hydrogen-bond donors (Lipinski definition) is 1. The van der Waals surface area contributed by atoms with Crippen LogP contribution in [0.4, 0.5) is 0 Å². The zero-order chi connectivity index (χ0) is 23.4. The van der Waals surface area contributed by atoms with Crippen molar-refractivity contribution in [3.8, 4) is 22.4 Å². The van der Waals surface area contributed by atoms with E-state index in [0.717, 1.165) is 55.2 Å². The van der Waals surface area contributed by atoms with Gasteiger partial charge in [-0.15, -0.1) is 0 Å². The zero-order valence-corrected chi connectivity index (χ0v) is 20.0. The van der Waals surface area contributed by atoms with Crippen molar-refractivity contribution in [2.75, 3.05) is 32.8 Å². The topological polar surface area (TPSA) is 59.4 Å². The van der Waals surface area contributed by atoms with Crippen molar-refractivity contribution in [1.29, 1.82) is 0 Å². The zero-order valence-electron chi connectivity index (χ0n) is 20.0. The Kier molecular flexibility index (Phi) is 7.26. The molecule has 0 aliphatic carbocycles. The first-order valence-corrected chi connectivity index (χ1v) is 11.8.